The number of rotatable bonds is 4. The van der Waals surface area contributed by atoms with Gasteiger partial charge in [0, 0.05) is 44.8 Å². The maximum atomic E-state index is 12.9. The first-order valence-corrected chi connectivity index (χ1v) is 10.2. The van der Waals surface area contributed by atoms with Crippen molar-refractivity contribution in [2.45, 2.75) is 31.8 Å². The number of amides is 1. The monoisotopic (exact) mass is 368 g/mol. The summed E-state index contributed by atoms with van der Waals surface area (Å²) in [7, 11) is 6.35. The third-order valence-electron chi connectivity index (χ3n) is 6.52. The third-order valence-corrected chi connectivity index (χ3v) is 6.52. The largest absolute Gasteiger partial charge is 0.350 e. The van der Waals surface area contributed by atoms with E-state index >= 15 is 0 Å². The molecule has 5 heteroatoms. The molecule has 2 aliphatic rings. The number of nitrogens with zero attached hydrogens (tertiary/aromatic N) is 4. The fraction of sp³-hybridized carbons (Fsp3) is 0.591. The van der Waals surface area contributed by atoms with E-state index in [-0.39, 0.29) is 5.92 Å². The first kappa shape index (κ1) is 18.5. The number of aromatic nitrogens is 1. The Morgan fingerprint density at radius 1 is 1.11 bits per heavy atom. The number of carbonyl (C=O) groups is 1. The zero-order valence-electron chi connectivity index (χ0n) is 16.9. The minimum Gasteiger partial charge on any atom is -0.350 e. The van der Waals surface area contributed by atoms with Gasteiger partial charge in [-0.15, -0.1) is 0 Å². The van der Waals surface area contributed by atoms with Gasteiger partial charge in [-0.3, -0.25) is 9.69 Å². The number of likely N-dealkylation sites (tertiary alicyclic amines) is 2. The van der Waals surface area contributed by atoms with Crippen LogP contribution in [0.5, 0.6) is 0 Å². The highest BCUT2D eigenvalue weighted by Gasteiger charge is 2.33. The SMILES string of the molecule is CN(C)[C@H]1CCN(C(=O)C2CCN(Cc3cccc4ccn(C)c34)CC2)C1. The molecular weight excluding hydrogens is 336 g/mol. The molecule has 2 aliphatic heterocycles. The van der Waals surface area contributed by atoms with Gasteiger partial charge in [0.2, 0.25) is 5.91 Å². The minimum atomic E-state index is 0.216. The number of hydrogen-bond donors (Lipinski definition) is 0. The van der Waals surface area contributed by atoms with E-state index in [1.54, 1.807) is 0 Å². The van der Waals surface area contributed by atoms with Crippen molar-refractivity contribution in [1.82, 2.24) is 19.3 Å². The van der Waals surface area contributed by atoms with Crippen LogP contribution in [-0.4, -0.2) is 71.5 Å². The van der Waals surface area contributed by atoms with Crippen LogP contribution < -0.4 is 0 Å². The van der Waals surface area contributed by atoms with Gasteiger partial charge in [-0.1, -0.05) is 18.2 Å². The van der Waals surface area contributed by atoms with Gasteiger partial charge in [-0.25, -0.2) is 0 Å². The topological polar surface area (TPSA) is 31.7 Å². The number of para-hydroxylation sites is 1. The summed E-state index contributed by atoms with van der Waals surface area (Å²) in [6.07, 6.45) is 5.23. The number of hydrogen-bond acceptors (Lipinski definition) is 3. The second-order valence-electron chi connectivity index (χ2n) is 8.52. The Kier molecular flexibility index (Phi) is 5.24. The average Bonchev–Trinajstić information content (AvgIpc) is 3.30. The van der Waals surface area contributed by atoms with Gasteiger partial charge >= 0.3 is 0 Å². The van der Waals surface area contributed by atoms with Crippen LogP contribution in [0.1, 0.15) is 24.8 Å². The highest BCUT2D eigenvalue weighted by molar-refractivity contribution is 5.83. The molecule has 0 unspecified atom stereocenters. The Labute approximate surface area is 162 Å². The van der Waals surface area contributed by atoms with E-state index in [0.717, 1.165) is 52.0 Å². The predicted molar refractivity (Wildman–Crippen MR) is 110 cm³/mol. The van der Waals surface area contributed by atoms with Gasteiger partial charge in [0.15, 0.2) is 0 Å². The van der Waals surface area contributed by atoms with Gasteiger partial charge in [-0.05, 0) is 63.5 Å². The lowest BCUT2D eigenvalue weighted by Crippen LogP contribution is -2.42. The second kappa shape index (κ2) is 7.64. The van der Waals surface area contributed by atoms with Crippen LogP contribution in [-0.2, 0) is 18.4 Å². The smallest absolute Gasteiger partial charge is 0.225 e. The van der Waals surface area contributed by atoms with Crippen molar-refractivity contribution in [3.8, 4) is 0 Å². The first-order chi connectivity index (χ1) is 13.0. The van der Waals surface area contributed by atoms with Crippen molar-refractivity contribution in [2.75, 3.05) is 40.3 Å². The molecule has 2 fully saturated rings. The van der Waals surface area contributed by atoms with Gasteiger partial charge in [0.05, 0.1) is 5.52 Å². The zero-order chi connectivity index (χ0) is 19.0. The van der Waals surface area contributed by atoms with Crippen LogP contribution in [0.25, 0.3) is 10.9 Å². The molecule has 27 heavy (non-hydrogen) atoms. The van der Waals surface area contributed by atoms with E-state index < -0.39 is 0 Å². The Morgan fingerprint density at radius 3 is 2.59 bits per heavy atom. The molecule has 2 saturated heterocycles. The summed E-state index contributed by atoms with van der Waals surface area (Å²) in [5.41, 5.74) is 2.72. The van der Waals surface area contributed by atoms with Gasteiger partial charge in [-0.2, -0.15) is 0 Å². The fourth-order valence-electron chi connectivity index (χ4n) is 4.77. The molecule has 1 aromatic heterocycles. The highest BCUT2D eigenvalue weighted by Crippen LogP contribution is 2.26. The average molecular weight is 369 g/mol. The van der Waals surface area contributed by atoms with E-state index in [0.29, 0.717) is 11.9 Å². The van der Waals surface area contributed by atoms with Crippen molar-refractivity contribution >= 4 is 16.8 Å². The summed E-state index contributed by atoms with van der Waals surface area (Å²) in [4.78, 5) is 19.8. The lowest BCUT2D eigenvalue weighted by molar-refractivity contribution is -0.136. The van der Waals surface area contributed by atoms with Crippen molar-refractivity contribution in [2.24, 2.45) is 13.0 Å². The van der Waals surface area contributed by atoms with E-state index in [1.165, 1.54) is 16.5 Å². The van der Waals surface area contributed by atoms with Crippen molar-refractivity contribution in [3.63, 3.8) is 0 Å². The number of piperidine rings is 1. The van der Waals surface area contributed by atoms with E-state index in [4.69, 9.17) is 0 Å². The van der Waals surface area contributed by atoms with Gasteiger partial charge in [0.25, 0.3) is 0 Å². The summed E-state index contributed by atoms with van der Waals surface area (Å²) in [5, 5.41) is 1.31. The summed E-state index contributed by atoms with van der Waals surface area (Å²) in [6.45, 7) is 4.84. The minimum absolute atomic E-state index is 0.216. The van der Waals surface area contributed by atoms with Crippen LogP contribution in [0.15, 0.2) is 30.5 Å². The molecule has 0 saturated carbocycles. The van der Waals surface area contributed by atoms with Crippen LogP contribution in [0, 0.1) is 5.92 Å². The second-order valence-corrected chi connectivity index (χ2v) is 8.52. The lowest BCUT2D eigenvalue weighted by atomic mass is 9.95. The van der Waals surface area contributed by atoms with Crippen LogP contribution in [0.3, 0.4) is 0 Å². The maximum Gasteiger partial charge on any atom is 0.225 e. The first-order valence-electron chi connectivity index (χ1n) is 10.2. The Hall–Kier alpha value is -1.85. The van der Waals surface area contributed by atoms with Crippen molar-refractivity contribution < 1.29 is 4.79 Å². The van der Waals surface area contributed by atoms with E-state index in [1.807, 2.05) is 0 Å². The molecule has 2 aromatic rings. The van der Waals surface area contributed by atoms with Crippen LogP contribution in [0.4, 0.5) is 0 Å². The molecule has 0 radical (unpaired) electrons. The highest BCUT2D eigenvalue weighted by atomic mass is 16.2. The zero-order valence-corrected chi connectivity index (χ0v) is 16.9. The predicted octanol–water partition coefficient (Wildman–Crippen LogP) is 2.55. The molecule has 3 heterocycles. The Bertz CT molecular complexity index is 804. The molecule has 4 rings (SSSR count). The van der Waals surface area contributed by atoms with Crippen LogP contribution >= 0.6 is 0 Å². The van der Waals surface area contributed by atoms with E-state index in [9.17, 15) is 4.79 Å². The molecule has 0 bridgehead atoms. The van der Waals surface area contributed by atoms with Gasteiger partial charge in [0.1, 0.15) is 0 Å². The summed E-state index contributed by atoms with van der Waals surface area (Å²) in [6, 6.07) is 9.29. The Balaban J connectivity index is 1.34. The summed E-state index contributed by atoms with van der Waals surface area (Å²) >= 11 is 0. The molecule has 1 atom stereocenters. The summed E-state index contributed by atoms with van der Waals surface area (Å²) < 4.78 is 2.22. The van der Waals surface area contributed by atoms with Crippen molar-refractivity contribution in [1.29, 1.82) is 0 Å². The number of aryl methyl sites for hydroxylation is 1. The standard InChI is InChI=1S/C22H32N4O/c1-23(2)20-10-14-26(16-20)22(27)18-8-12-25(13-9-18)15-19-6-4-5-17-7-11-24(3)21(17)19/h4-7,11,18,20H,8-10,12-16H2,1-3H3/t20-/m0/s1. The van der Waals surface area contributed by atoms with E-state index in [2.05, 4.69) is 70.9 Å². The molecule has 146 valence electrons. The number of carbonyl (C=O) groups excluding carboxylic acids is 1. The Morgan fingerprint density at radius 2 is 1.89 bits per heavy atom. The number of fused-ring (bicyclic) bond motifs is 1. The quantitative estimate of drug-likeness (QED) is 0.831. The molecule has 1 aromatic carbocycles. The number of benzene rings is 1. The third kappa shape index (κ3) is 3.76. The maximum absolute atomic E-state index is 12.9. The normalized spacial score (nSPS) is 22.2. The number of likely N-dealkylation sites (N-methyl/N-ethyl adjacent to an activating group) is 1. The van der Waals surface area contributed by atoms with Crippen molar-refractivity contribution in [3.05, 3.63) is 36.0 Å². The lowest BCUT2D eigenvalue weighted by Gasteiger charge is -2.33. The molecule has 5 nitrogen and oxygen atoms in total. The van der Waals surface area contributed by atoms with Gasteiger partial charge < -0.3 is 14.4 Å². The fourth-order valence-corrected chi connectivity index (χ4v) is 4.77. The molecule has 0 N–H and O–H groups in total. The molecular formula is C22H32N4O. The molecule has 0 spiro atoms. The van der Waals surface area contributed by atoms with Crippen LogP contribution in [0.2, 0.25) is 0 Å². The molecule has 1 amide bonds. The summed E-state index contributed by atoms with van der Waals surface area (Å²) in [5.74, 6) is 0.608. The molecule has 0 aliphatic carbocycles.